The average molecular weight is 313 g/mol. The van der Waals surface area contributed by atoms with E-state index in [0.29, 0.717) is 39.4 Å². The van der Waals surface area contributed by atoms with Gasteiger partial charge in [-0.15, -0.1) is 0 Å². The van der Waals surface area contributed by atoms with Crippen LogP contribution >= 0.6 is 0 Å². The van der Waals surface area contributed by atoms with Gasteiger partial charge in [0.1, 0.15) is 5.60 Å². The van der Waals surface area contributed by atoms with Crippen molar-refractivity contribution < 1.29 is 19.1 Å². The molecule has 0 bridgehead atoms. The number of ether oxygens (including phenoxy) is 2. The summed E-state index contributed by atoms with van der Waals surface area (Å²) < 4.78 is 10.6. The fraction of sp³-hybridized carbons (Fsp3) is 0.867. The van der Waals surface area contributed by atoms with Gasteiger partial charge in [0.05, 0.1) is 19.3 Å². The summed E-state index contributed by atoms with van der Waals surface area (Å²) in [5.41, 5.74) is -0.477. The molecule has 1 unspecified atom stereocenters. The van der Waals surface area contributed by atoms with E-state index < -0.39 is 5.60 Å². The van der Waals surface area contributed by atoms with Crippen LogP contribution in [0.5, 0.6) is 0 Å². The van der Waals surface area contributed by atoms with Crippen LogP contribution in [0.3, 0.4) is 0 Å². The number of rotatable bonds is 3. The van der Waals surface area contributed by atoms with Crippen LogP contribution in [-0.4, -0.2) is 78.9 Å². The summed E-state index contributed by atoms with van der Waals surface area (Å²) in [5.74, 6) is 0.0963. The maximum absolute atomic E-state index is 12.3. The summed E-state index contributed by atoms with van der Waals surface area (Å²) in [6.07, 6.45) is -0.294. The number of nitrogens with one attached hydrogen (secondary N) is 1. The quantitative estimate of drug-likeness (QED) is 0.819. The van der Waals surface area contributed by atoms with Gasteiger partial charge in [-0.1, -0.05) is 0 Å². The van der Waals surface area contributed by atoms with Gasteiger partial charge < -0.3 is 19.3 Å². The predicted molar refractivity (Wildman–Crippen MR) is 81.6 cm³/mol. The topological polar surface area (TPSA) is 71.1 Å². The molecule has 2 aliphatic heterocycles. The highest BCUT2D eigenvalue weighted by atomic mass is 16.6. The highest BCUT2D eigenvalue weighted by Crippen LogP contribution is 2.15. The van der Waals surface area contributed by atoms with Crippen molar-refractivity contribution in [1.82, 2.24) is 15.1 Å². The van der Waals surface area contributed by atoms with Gasteiger partial charge in [0, 0.05) is 32.2 Å². The van der Waals surface area contributed by atoms with Gasteiger partial charge in [-0.25, -0.2) is 4.79 Å². The van der Waals surface area contributed by atoms with Crippen LogP contribution in [0, 0.1) is 0 Å². The summed E-state index contributed by atoms with van der Waals surface area (Å²) in [4.78, 5) is 27.6. The molecule has 1 N–H and O–H groups in total. The molecule has 0 spiro atoms. The van der Waals surface area contributed by atoms with Gasteiger partial charge in [-0.2, -0.15) is 0 Å². The minimum Gasteiger partial charge on any atom is -0.444 e. The lowest BCUT2D eigenvalue weighted by molar-refractivity contribution is -0.137. The maximum atomic E-state index is 12.3. The van der Waals surface area contributed by atoms with Gasteiger partial charge in [0.2, 0.25) is 5.91 Å². The van der Waals surface area contributed by atoms with Crippen LogP contribution in [-0.2, 0) is 14.3 Å². The second-order valence-electron chi connectivity index (χ2n) is 6.91. The van der Waals surface area contributed by atoms with Crippen molar-refractivity contribution in [3.05, 3.63) is 0 Å². The summed E-state index contributed by atoms with van der Waals surface area (Å²) in [6, 6.07) is -0.101. The monoisotopic (exact) mass is 313 g/mol. The third kappa shape index (κ3) is 4.58. The Kier molecular flexibility index (Phi) is 5.28. The summed E-state index contributed by atoms with van der Waals surface area (Å²) in [7, 11) is 0. The molecule has 0 aliphatic carbocycles. The zero-order chi connectivity index (χ0) is 16.3. The highest BCUT2D eigenvalue weighted by molar-refractivity contribution is 5.81. The van der Waals surface area contributed by atoms with E-state index in [9.17, 15) is 9.59 Å². The lowest BCUT2D eigenvalue weighted by Gasteiger charge is -2.41. The zero-order valence-corrected chi connectivity index (χ0v) is 13.9. The van der Waals surface area contributed by atoms with Crippen LogP contribution in [0.1, 0.15) is 27.7 Å². The summed E-state index contributed by atoms with van der Waals surface area (Å²) in [6.45, 7) is 11.1. The minimum atomic E-state index is -0.477. The van der Waals surface area contributed by atoms with Gasteiger partial charge in [0.25, 0.3) is 0 Å². The first-order chi connectivity index (χ1) is 10.3. The molecule has 2 aliphatic rings. The van der Waals surface area contributed by atoms with Crippen LogP contribution < -0.4 is 5.32 Å². The number of carbonyl (C=O) groups excluding carboxylic acids is 2. The predicted octanol–water partition coefficient (Wildman–Crippen LogP) is 0.443. The Morgan fingerprint density at radius 2 is 1.77 bits per heavy atom. The molecule has 2 rings (SSSR count). The van der Waals surface area contributed by atoms with E-state index in [-0.39, 0.29) is 24.1 Å². The molecule has 2 amide bonds. The molecule has 0 aromatic heterocycles. The molecule has 2 heterocycles. The first-order valence-corrected chi connectivity index (χ1v) is 7.87. The van der Waals surface area contributed by atoms with E-state index >= 15 is 0 Å². The molecule has 7 nitrogen and oxygen atoms in total. The summed E-state index contributed by atoms with van der Waals surface area (Å²) >= 11 is 0. The SMILES string of the molecule is CC(NC1CN(C(=O)OC(C)(C)C)C1)C(=O)N1CCOCC1. The van der Waals surface area contributed by atoms with E-state index in [2.05, 4.69) is 5.32 Å². The third-order valence-corrected chi connectivity index (χ3v) is 3.71. The van der Waals surface area contributed by atoms with Crippen LogP contribution in [0.25, 0.3) is 0 Å². The lowest BCUT2D eigenvalue weighted by Crippen LogP contribution is -2.64. The molecule has 7 heteroatoms. The Morgan fingerprint density at radius 1 is 1.18 bits per heavy atom. The normalized spacial score (nSPS) is 21.3. The van der Waals surface area contributed by atoms with Crippen LogP contribution in [0.15, 0.2) is 0 Å². The van der Waals surface area contributed by atoms with Crippen LogP contribution in [0.2, 0.25) is 0 Å². The van der Waals surface area contributed by atoms with Crippen molar-refractivity contribution in [2.75, 3.05) is 39.4 Å². The molecule has 0 saturated carbocycles. The molecule has 22 heavy (non-hydrogen) atoms. The number of nitrogens with zero attached hydrogens (tertiary/aromatic N) is 2. The van der Waals surface area contributed by atoms with E-state index in [1.807, 2.05) is 32.6 Å². The smallest absolute Gasteiger partial charge is 0.410 e. The molecule has 1 atom stereocenters. The number of likely N-dealkylation sites (tertiary alicyclic amines) is 1. The second kappa shape index (κ2) is 6.83. The Bertz CT molecular complexity index is 410. The Hall–Kier alpha value is -1.34. The molecule has 0 aromatic carbocycles. The molecular weight excluding hydrogens is 286 g/mol. The maximum Gasteiger partial charge on any atom is 0.410 e. The Labute approximate surface area is 131 Å². The highest BCUT2D eigenvalue weighted by Gasteiger charge is 2.35. The van der Waals surface area contributed by atoms with Crippen molar-refractivity contribution in [2.24, 2.45) is 0 Å². The fourth-order valence-electron chi connectivity index (χ4n) is 2.54. The summed E-state index contributed by atoms with van der Waals surface area (Å²) in [5, 5.41) is 3.28. The van der Waals surface area contributed by atoms with Crippen molar-refractivity contribution in [3.8, 4) is 0 Å². The van der Waals surface area contributed by atoms with Gasteiger partial charge in [0.15, 0.2) is 0 Å². The first kappa shape index (κ1) is 17.0. The zero-order valence-electron chi connectivity index (χ0n) is 13.9. The van der Waals surface area contributed by atoms with Gasteiger partial charge >= 0.3 is 6.09 Å². The van der Waals surface area contributed by atoms with Crippen molar-refractivity contribution >= 4 is 12.0 Å². The van der Waals surface area contributed by atoms with Crippen molar-refractivity contribution in [2.45, 2.75) is 45.4 Å². The molecule has 0 radical (unpaired) electrons. The molecular formula is C15H27N3O4. The average Bonchev–Trinajstić information content (AvgIpc) is 2.40. The van der Waals surface area contributed by atoms with Gasteiger partial charge in [-0.05, 0) is 27.7 Å². The number of morpholine rings is 1. The lowest BCUT2D eigenvalue weighted by atomic mass is 10.1. The van der Waals surface area contributed by atoms with E-state index in [1.165, 1.54) is 0 Å². The van der Waals surface area contributed by atoms with E-state index in [1.54, 1.807) is 4.90 Å². The third-order valence-electron chi connectivity index (χ3n) is 3.71. The number of hydrogen-bond acceptors (Lipinski definition) is 5. The van der Waals surface area contributed by atoms with E-state index in [0.717, 1.165) is 0 Å². The number of amides is 2. The second-order valence-corrected chi connectivity index (χ2v) is 6.91. The minimum absolute atomic E-state index is 0.0963. The fourth-order valence-corrected chi connectivity index (χ4v) is 2.54. The van der Waals surface area contributed by atoms with Crippen molar-refractivity contribution in [1.29, 1.82) is 0 Å². The molecule has 2 fully saturated rings. The molecule has 2 saturated heterocycles. The largest absolute Gasteiger partial charge is 0.444 e. The van der Waals surface area contributed by atoms with Crippen LogP contribution in [0.4, 0.5) is 4.79 Å². The standard InChI is InChI=1S/C15H27N3O4/c1-11(13(19)17-5-7-21-8-6-17)16-12-9-18(10-12)14(20)22-15(2,3)4/h11-12,16H,5-10H2,1-4H3. The Morgan fingerprint density at radius 3 is 2.32 bits per heavy atom. The molecule has 0 aromatic rings. The van der Waals surface area contributed by atoms with Crippen molar-refractivity contribution in [3.63, 3.8) is 0 Å². The van der Waals surface area contributed by atoms with Gasteiger partial charge in [-0.3, -0.25) is 10.1 Å². The number of hydrogen-bond donors (Lipinski definition) is 1. The van der Waals surface area contributed by atoms with E-state index in [4.69, 9.17) is 9.47 Å². The number of carbonyl (C=O) groups is 2. The Balaban J connectivity index is 1.70. The molecule has 126 valence electrons. The first-order valence-electron chi connectivity index (χ1n) is 7.87.